The second-order valence-corrected chi connectivity index (χ2v) is 6.26. The molecule has 156 valence electrons. The molecule has 3 rings (SSSR count). The molecule has 0 aliphatic carbocycles. The Balaban J connectivity index is 1.78. The van der Waals surface area contributed by atoms with E-state index in [1.165, 1.54) is 13.2 Å². The van der Waals surface area contributed by atoms with E-state index in [0.29, 0.717) is 39.8 Å². The van der Waals surface area contributed by atoms with Crippen molar-refractivity contribution in [3.05, 3.63) is 53.7 Å². The van der Waals surface area contributed by atoms with E-state index in [1.807, 2.05) is 0 Å². The van der Waals surface area contributed by atoms with Crippen LogP contribution in [-0.2, 0) is 0 Å². The largest absolute Gasteiger partial charge is 0.504 e. The number of hydrogen-bond acceptors (Lipinski definition) is 7. The first-order chi connectivity index (χ1) is 14.5. The maximum Gasteiger partial charge on any atom is 0.289 e. The second kappa shape index (κ2) is 8.99. The number of carbonyl (C=O) groups is 1. The van der Waals surface area contributed by atoms with Gasteiger partial charge in [0.05, 0.1) is 32.7 Å². The Morgan fingerprint density at radius 2 is 1.80 bits per heavy atom. The quantitative estimate of drug-likeness (QED) is 0.407. The molecule has 0 aliphatic rings. The molecule has 0 saturated heterocycles. The average Bonchev–Trinajstić information content (AvgIpc) is 3.27. The van der Waals surface area contributed by atoms with Crippen molar-refractivity contribution < 1.29 is 24.1 Å². The van der Waals surface area contributed by atoms with E-state index in [1.54, 1.807) is 57.5 Å². The van der Waals surface area contributed by atoms with Gasteiger partial charge in [0.15, 0.2) is 11.5 Å². The third kappa shape index (κ3) is 4.35. The van der Waals surface area contributed by atoms with Crippen LogP contribution in [0.15, 0.2) is 47.6 Å². The molecule has 2 aromatic carbocycles. The number of phenolic OH excluding ortho intramolecular Hbond substituents is 1. The van der Waals surface area contributed by atoms with E-state index in [4.69, 9.17) is 14.2 Å². The number of carbonyl (C=O) groups excluding carboxylic acids is 1. The Labute approximate surface area is 173 Å². The van der Waals surface area contributed by atoms with E-state index in [0.717, 1.165) is 0 Å². The standard InChI is InChI=1S/C21H22N4O5/c1-12(13-5-7-18(26)20(9-13)30-4)22-25-21(27)17-11-16(23-24-17)15-10-14(28-2)6-8-19(15)29-3/h5-11,26H,1-4H3,(H,23,24)(H,25,27)/b22-12+. The molecular weight excluding hydrogens is 388 g/mol. The molecule has 0 saturated carbocycles. The third-order valence-corrected chi connectivity index (χ3v) is 4.43. The summed E-state index contributed by atoms with van der Waals surface area (Å²) in [7, 11) is 4.58. The van der Waals surface area contributed by atoms with Crippen LogP contribution in [0.2, 0.25) is 0 Å². The smallest absolute Gasteiger partial charge is 0.289 e. The first-order valence-corrected chi connectivity index (χ1v) is 8.96. The maximum atomic E-state index is 12.5. The summed E-state index contributed by atoms with van der Waals surface area (Å²) in [5.41, 5.74) is 5.15. The van der Waals surface area contributed by atoms with E-state index >= 15 is 0 Å². The van der Waals surface area contributed by atoms with E-state index in [-0.39, 0.29) is 11.4 Å². The summed E-state index contributed by atoms with van der Waals surface area (Å²) in [6, 6.07) is 11.7. The molecule has 0 spiro atoms. The van der Waals surface area contributed by atoms with Crippen LogP contribution < -0.4 is 19.6 Å². The molecule has 1 heterocycles. The predicted molar refractivity (Wildman–Crippen MR) is 111 cm³/mol. The Bertz CT molecular complexity index is 1090. The van der Waals surface area contributed by atoms with Crippen molar-refractivity contribution in [2.24, 2.45) is 5.10 Å². The minimum atomic E-state index is -0.458. The van der Waals surface area contributed by atoms with Gasteiger partial charge in [-0.15, -0.1) is 0 Å². The lowest BCUT2D eigenvalue weighted by Crippen LogP contribution is -2.19. The molecule has 9 nitrogen and oxygen atoms in total. The molecule has 0 bridgehead atoms. The van der Waals surface area contributed by atoms with Gasteiger partial charge in [0, 0.05) is 11.1 Å². The zero-order chi connectivity index (χ0) is 21.7. The molecule has 0 aliphatic heterocycles. The topological polar surface area (TPSA) is 118 Å². The number of phenols is 1. The maximum absolute atomic E-state index is 12.5. The number of methoxy groups -OCH3 is 3. The fraction of sp³-hybridized carbons (Fsp3) is 0.190. The second-order valence-electron chi connectivity index (χ2n) is 6.26. The van der Waals surface area contributed by atoms with E-state index in [9.17, 15) is 9.90 Å². The average molecular weight is 410 g/mol. The normalized spacial score (nSPS) is 11.1. The van der Waals surface area contributed by atoms with Gasteiger partial charge in [-0.2, -0.15) is 10.2 Å². The summed E-state index contributed by atoms with van der Waals surface area (Å²) in [4.78, 5) is 12.5. The van der Waals surface area contributed by atoms with Gasteiger partial charge in [0.2, 0.25) is 0 Å². The monoisotopic (exact) mass is 410 g/mol. The van der Waals surface area contributed by atoms with E-state index in [2.05, 4.69) is 20.7 Å². The first kappa shape index (κ1) is 20.7. The number of amides is 1. The van der Waals surface area contributed by atoms with Crippen LogP contribution in [0.4, 0.5) is 0 Å². The number of nitrogens with one attached hydrogen (secondary N) is 2. The van der Waals surface area contributed by atoms with Gasteiger partial charge in [-0.05, 0) is 49.4 Å². The molecule has 0 unspecified atom stereocenters. The van der Waals surface area contributed by atoms with Crippen LogP contribution in [0.25, 0.3) is 11.3 Å². The number of ether oxygens (including phenoxy) is 3. The van der Waals surface area contributed by atoms with Crippen molar-refractivity contribution in [2.75, 3.05) is 21.3 Å². The van der Waals surface area contributed by atoms with Crippen LogP contribution in [-0.4, -0.2) is 48.3 Å². The summed E-state index contributed by atoms with van der Waals surface area (Å²) in [6.07, 6.45) is 0. The van der Waals surface area contributed by atoms with Crippen molar-refractivity contribution in [3.63, 3.8) is 0 Å². The van der Waals surface area contributed by atoms with Crippen molar-refractivity contribution in [3.8, 4) is 34.3 Å². The van der Waals surface area contributed by atoms with Gasteiger partial charge in [-0.25, -0.2) is 5.43 Å². The number of rotatable bonds is 7. The van der Waals surface area contributed by atoms with Crippen LogP contribution in [0.1, 0.15) is 23.0 Å². The molecule has 9 heteroatoms. The highest BCUT2D eigenvalue weighted by molar-refractivity contribution is 6.01. The molecule has 0 fully saturated rings. The molecule has 3 N–H and O–H groups in total. The van der Waals surface area contributed by atoms with Crippen molar-refractivity contribution >= 4 is 11.6 Å². The summed E-state index contributed by atoms with van der Waals surface area (Å²) < 4.78 is 15.7. The number of aromatic nitrogens is 2. The highest BCUT2D eigenvalue weighted by atomic mass is 16.5. The lowest BCUT2D eigenvalue weighted by molar-refractivity contribution is 0.0950. The van der Waals surface area contributed by atoms with Crippen molar-refractivity contribution in [1.29, 1.82) is 0 Å². The molecule has 0 atom stereocenters. The van der Waals surface area contributed by atoms with Gasteiger partial charge in [-0.3, -0.25) is 9.89 Å². The minimum Gasteiger partial charge on any atom is -0.504 e. The SMILES string of the molecule is COc1ccc(OC)c(-c2cc(C(=O)N/N=C(\C)c3ccc(O)c(OC)c3)[nH]n2)c1. The number of aromatic hydroxyl groups is 1. The molecule has 30 heavy (non-hydrogen) atoms. The Morgan fingerprint density at radius 1 is 1.03 bits per heavy atom. The highest BCUT2D eigenvalue weighted by Crippen LogP contribution is 2.32. The molecule has 1 amide bonds. The molecule has 0 radical (unpaired) electrons. The van der Waals surface area contributed by atoms with Gasteiger partial charge in [0.1, 0.15) is 17.2 Å². The first-order valence-electron chi connectivity index (χ1n) is 8.96. The lowest BCUT2D eigenvalue weighted by Gasteiger charge is -2.08. The van der Waals surface area contributed by atoms with Gasteiger partial charge in [-0.1, -0.05) is 0 Å². The summed E-state index contributed by atoms with van der Waals surface area (Å²) in [5, 5.41) is 20.7. The van der Waals surface area contributed by atoms with Crippen LogP contribution in [0.3, 0.4) is 0 Å². The fourth-order valence-electron chi connectivity index (χ4n) is 2.75. The zero-order valence-electron chi connectivity index (χ0n) is 17.0. The zero-order valence-corrected chi connectivity index (χ0v) is 17.0. The summed E-state index contributed by atoms with van der Waals surface area (Å²) >= 11 is 0. The number of hydrazone groups is 1. The molecular formula is C21H22N4O5. The molecule has 3 aromatic rings. The Hall–Kier alpha value is -4.01. The number of aromatic amines is 1. The van der Waals surface area contributed by atoms with Gasteiger partial charge in [0.25, 0.3) is 5.91 Å². The summed E-state index contributed by atoms with van der Waals surface area (Å²) in [6.45, 7) is 1.73. The van der Waals surface area contributed by atoms with E-state index < -0.39 is 5.91 Å². The highest BCUT2D eigenvalue weighted by Gasteiger charge is 2.15. The van der Waals surface area contributed by atoms with Gasteiger partial charge >= 0.3 is 0 Å². The number of hydrogen-bond donors (Lipinski definition) is 3. The Morgan fingerprint density at radius 3 is 2.50 bits per heavy atom. The van der Waals surface area contributed by atoms with Crippen molar-refractivity contribution in [2.45, 2.75) is 6.92 Å². The van der Waals surface area contributed by atoms with Gasteiger partial charge < -0.3 is 19.3 Å². The predicted octanol–water partition coefficient (Wildman–Crippen LogP) is 2.96. The van der Waals surface area contributed by atoms with Crippen LogP contribution in [0, 0.1) is 0 Å². The van der Waals surface area contributed by atoms with Crippen LogP contribution in [0.5, 0.6) is 23.0 Å². The summed E-state index contributed by atoms with van der Waals surface area (Å²) in [5.74, 6) is 1.13. The minimum absolute atomic E-state index is 0.0241. The lowest BCUT2D eigenvalue weighted by atomic mass is 10.1. The number of benzene rings is 2. The third-order valence-electron chi connectivity index (χ3n) is 4.43. The number of nitrogens with zero attached hydrogens (tertiary/aromatic N) is 2. The number of H-pyrrole nitrogens is 1. The fourth-order valence-corrected chi connectivity index (χ4v) is 2.75. The molecule has 1 aromatic heterocycles. The van der Waals surface area contributed by atoms with Crippen LogP contribution >= 0.6 is 0 Å². The Kier molecular flexibility index (Phi) is 6.21. The van der Waals surface area contributed by atoms with Crippen molar-refractivity contribution in [1.82, 2.24) is 15.6 Å².